The summed E-state index contributed by atoms with van der Waals surface area (Å²) in [5.74, 6) is -0.325. The Morgan fingerprint density at radius 3 is 2.62 bits per heavy atom. The minimum Gasteiger partial charge on any atom is -0.481 e. The molecule has 21 heavy (non-hydrogen) atoms. The quantitative estimate of drug-likeness (QED) is 0.644. The summed E-state index contributed by atoms with van der Waals surface area (Å²) in [5.41, 5.74) is 1.27. The highest BCUT2D eigenvalue weighted by Crippen LogP contribution is 2.40. The van der Waals surface area contributed by atoms with Crippen LogP contribution in [0.1, 0.15) is 43.6 Å². The molecule has 0 spiro atoms. The van der Waals surface area contributed by atoms with Gasteiger partial charge in [0.05, 0.1) is 0 Å². The van der Waals surface area contributed by atoms with Crippen molar-refractivity contribution in [3.05, 3.63) is 35.9 Å². The zero-order chi connectivity index (χ0) is 15.1. The summed E-state index contributed by atoms with van der Waals surface area (Å²) in [4.78, 5) is 22.0. The number of unbranched alkanes of at least 4 members (excludes halogenated alkanes) is 2. The Kier molecular flexibility index (Phi) is 5.60. The van der Waals surface area contributed by atoms with Crippen molar-refractivity contribution in [2.75, 3.05) is 6.54 Å². The summed E-state index contributed by atoms with van der Waals surface area (Å²) in [5, 5.41) is 14.3. The van der Waals surface area contributed by atoms with E-state index in [1.165, 1.54) is 5.56 Å². The number of carboxylic acid groups (broad SMARTS) is 1. The molecule has 5 nitrogen and oxygen atoms in total. The van der Waals surface area contributed by atoms with E-state index in [4.69, 9.17) is 5.11 Å². The van der Waals surface area contributed by atoms with Crippen molar-refractivity contribution in [1.82, 2.24) is 10.6 Å². The molecule has 0 bridgehead atoms. The average Bonchev–Trinajstić information content (AvgIpc) is 3.22. The van der Waals surface area contributed by atoms with Gasteiger partial charge >= 0.3 is 12.0 Å². The van der Waals surface area contributed by atoms with Crippen LogP contribution in [0.4, 0.5) is 4.79 Å². The molecule has 2 atom stereocenters. The molecule has 1 aliphatic rings. The molecule has 2 amide bonds. The zero-order valence-electron chi connectivity index (χ0n) is 12.0. The van der Waals surface area contributed by atoms with Crippen molar-refractivity contribution < 1.29 is 14.7 Å². The van der Waals surface area contributed by atoms with Gasteiger partial charge in [-0.3, -0.25) is 4.79 Å². The Labute approximate surface area is 124 Å². The number of benzene rings is 1. The molecule has 0 heterocycles. The lowest BCUT2D eigenvalue weighted by Gasteiger charge is -2.07. The summed E-state index contributed by atoms with van der Waals surface area (Å²) >= 11 is 0. The second-order valence-electron chi connectivity index (χ2n) is 5.46. The Balaban J connectivity index is 1.54. The highest BCUT2D eigenvalue weighted by molar-refractivity contribution is 5.74. The molecule has 0 saturated heterocycles. The highest BCUT2D eigenvalue weighted by Gasteiger charge is 2.39. The number of carbonyl (C=O) groups is 2. The molecular formula is C16H22N2O3. The standard InChI is InChI=1S/C16H22N2O3/c19-15(20)9-5-2-6-10-17-16(21)18-14-11-13(14)12-7-3-1-4-8-12/h1,3-4,7-8,13-14H,2,5-6,9-11H2,(H,19,20)(H2,17,18,21). The van der Waals surface area contributed by atoms with E-state index in [9.17, 15) is 9.59 Å². The molecule has 1 aromatic rings. The van der Waals surface area contributed by atoms with E-state index < -0.39 is 5.97 Å². The maximum Gasteiger partial charge on any atom is 0.315 e. The lowest BCUT2D eigenvalue weighted by molar-refractivity contribution is -0.137. The molecule has 0 aliphatic heterocycles. The van der Waals surface area contributed by atoms with Gasteiger partial charge < -0.3 is 15.7 Å². The third kappa shape index (κ3) is 5.45. The predicted octanol–water partition coefficient (Wildman–Crippen LogP) is 2.49. The van der Waals surface area contributed by atoms with Gasteiger partial charge in [-0.15, -0.1) is 0 Å². The fourth-order valence-corrected chi connectivity index (χ4v) is 2.42. The first-order chi connectivity index (χ1) is 10.2. The number of hydrogen-bond acceptors (Lipinski definition) is 2. The smallest absolute Gasteiger partial charge is 0.315 e. The molecule has 5 heteroatoms. The van der Waals surface area contributed by atoms with Gasteiger partial charge in [-0.05, 0) is 24.8 Å². The monoisotopic (exact) mass is 290 g/mol. The van der Waals surface area contributed by atoms with Crippen LogP contribution in [0, 0.1) is 0 Å². The minimum atomic E-state index is -0.763. The first-order valence-corrected chi connectivity index (χ1v) is 7.48. The molecule has 1 fully saturated rings. The van der Waals surface area contributed by atoms with Gasteiger partial charge in [0.25, 0.3) is 0 Å². The van der Waals surface area contributed by atoms with Gasteiger partial charge in [0, 0.05) is 24.9 Å². The van der Waals surface area contributed by atoms with Gasteiger partial charge in [0.2, 0.25) is 0 Å². The Morgan fingerprint density at radius 1 is 1.14 bits per heavy atom. The molecule has 3 N–H and O–H groups in total. The number of nitrogens with one attached hydrogen (secondary N) is 2. The molecule has 0 radical (unpaired) electrons. The second-order valence-corrected chi connectivity index (χ2v) is 5.46. The number of aliphatic carboxylic acids is 1. The molecule has 1 saturated carbocycles. The molecule has 114 valence electrons. The summed E-state index contributed by atoms with van der Waals surface area (Å²) in [6, 6.07) is 10.3. The fraction of sp³-hybridized carbons (Fsp3) is 0.500. The largest absolute Gasteiger partial charge is 0.481 e. The van der Waals surface area contributed by atoms with E-state index in [-0.39, 0.29) is 18.5 Å². The van der Waals surface area contributed by atoms with Crippen molar-refractivity contribution in [3.8, 4) is 0 Å². The van der Waals surface area contributed by atoms with Crippen molar-refractivity contribution in [1.29, 1.82) is 0 Å². The minimum absolute atomic E-state index is 0.128. The van der Waals surface area contributed by atoms with Crippen LogP contribution < -0.4 is 10.6 Å². The van der Waals surface area contributed by atoms with E-state index in [1.54, 1.807) is 0 Å². The van der Waals surface area contributed by atoms with Crippen LogP contribution in [0.2, 0.25) is 0 Å². The number of rotatable bonds is 8. The molecule has 0 aromatic heterocycles. The fourth-order valence-electron chi connectivity index (χ4n) is 2.42. The zero-order valence-corrected chi connectivity index (χ0v) is 12.0. The van der Waals surface area contributed by atoms with E-state index in [1.807, 2.05) is 18.2 Å². The SMILES string of the molecule is O=C(O)CCCCCNC(=O)NC1CC1c1ccccc1. The van der Waals surface area contributed by atoms with Crippen molar-refractivity contribution >= 4 is 12.0 Å². The van der Waals surface area contributed by atoms with Crippen LogP contribution in [0.5, 0.6) is 0 Å². The number of urea groups is 1. The molecule has 1 aromatic carbocycles. The van der Waals surface area contributed by atoms with Crippen LogP contribution in [-0.4, -0.2) is 29.7 Å². The van der Waals surface area contributed by atoms with Gasteiger partial charge in [-0.25, -0.2) is 4.79 Å². The van der Waals surface area contributed by atoms with Crippen molar-refractivity contribution in [2.45, 2.75) is 44.1 Å². The second kappa shape index (κ2) is 7.67. The topological polar surface area (TPSA) is 78.4 Å². The summed E-state index contributed by atoms with van der Waals surface area (Å²) in [6.07, 6.45) is 3.50. The average molecular weight is 290 g/mol. The first kappa shape index (κ1) is 15.4. The van der Waals surface area contributed by atoms with Crippen LogP contribution in [0.25, 0.3) is 0 Å². The molecule has 1 aliphatic carbocycles. The number of hydrogen-bond donors (Lipinski definition) is 3. The Morgan fingerprint density at radius 2 is 1.90 bits per heavy atom. The van der Waals surface area contributed by atoms with Gasteiger partial charge in [-0.1, -0.05) is 36.8 Å². The van der Waals surface area contributed by atoms with Crippen LogP contribution in [-0.2, 0) is 4.79 Å². The maximum atomic E-state index is 11.7. The molecule has 2 unspecified atom stereocenters. The number of amides is 2. The lowest BCUT2D eigenvalue weighted by Crippen LogP contribution is -2.37. The van der Waals surface area contributed by atoms with E-state index >= 15 is 0 Å². The third-order valence-corrected chi connectivity index (χ3v) is 3.69. The summed E-state index contributed by atoms with van der Waals surface area (Å²) in [6.45, 7) is 0.591. The third-order valence-electron chi connectivity index (χ3n) is 3.69. The van der Waals surface area contributed by atoms with Gasteiger partial charge in [-0.2, -0.15) is 0 Å². The normalized spacial score (nSPS) is 19.8. The van der Waals surface area contributed by atoms with Crippen molar-refractivity contribution in [2.24, 2.45) is 0 Å². The Hall–Kier alpha value is -2.04. The maximum absolute atomic E-state index is 11.7. The van der Waals surface area contributed by atoms with E-state index in [2.05, 4.69) is 22.8 Å². The van der Waals surface area contributed by atoms with Crippen LogP contribution in [0.3, 0.4) is 0 Å². The van der Waals surface area contributed by atoms with Gasteiger partial charge in [0.1, 0.15) is 0 Å². The lowest BCUT2D eigenvalue weighted by atomic mass is 10.1. The summed E-state index contributed by atoms with van der Waals surface area (Å²) in [7, 11) is 0. The van der Waals surface area contributed by atoms with Gasteiger partial charge in [0.15, 0.2) is 0 Å². The highest BCUT2D eigenvalue weighted by atomic mass is 16.4. The van der Waals surface area contributed by atoms with Crippen LogP contribution in [0.15, 0.2) is 30.3 Å². The molecule has 2 rings (SSSR count). The first-order valence-electron chi connectivity index (χ1n) is 7.48. The summed E-state index contributed by atoms with van der Waals surface area (Å²) < 4.78 is 0. The van der Waals surface area contributed by atoms with Crippen LogP contribution >= 0.6 is 0 Å². The van der Waals surface area contributed by atoms with E-state index in [0.717, 1.165) is 19.3 Å². The number of carbonyl (C=O) groups excluding carboxylic acids is 1. The predicted molar refractivity (Wildman–Crippen MR) is 80.2 cm³/mol. The number of carboxylic acids is 1. The Bertz CT molecular complexity index is 476. The van der Waals surface area contributed by atoms with E-state index in [0.29, 0.717) is 18.9 Å². The van der Waals surface area contributed by atoms with Crippen molar-refractivity contribution in [3.63, 3.8) is 0 Å². The molecular weight excluding hydrogens is 268 g/mol.